The Morgan fingerprint density at radius 2 is 2.06 bits per heavy atom. The molecule has 1 aromatic carbocycles. The second kappa shape index (κ2) is 9.22. The van der Waals surface area contributed by atoms with E-state index in [0.29, 0.717) is 6.54 Å². The van der Waals surface area contributed by atoms with Crippen LogP contribution in [-0.4, -0.2) is 51.4 Å². The van der Waals surface area contributed by atoms with Crippen molar-refractivity contribution in [3.8, 4) is 0 Å². The Labute approximate surface area is 187 Å². The smallest absolute Gasteiger partial charge is 0.264 e. The lowest BCUT2D eigenvalue weighted by atomic mass is 9.97. The predicted octanol–water partition coefficient (Wildman–Crippen LogP) is 4.54. The maximum Gasteiger partial charge on any atom is 0.264 e. The Balaban J connectivity index is 1.66. The van der Waals surface area contributed by atoms with Crippen molar-refractivity contribution in [1.82, 2.24) is 20.0 Å². The fourth-order valence-electron chi connectivity index (χ4n) is 4.56. The third-order valence-electron chi connectivity index (χ3n) is 6.12. The Morgan fingerprint density at radius 1 is 1.26 bits per heavy atom. The number of aromatic amines is 1. The van der Waals surface area contributed by atoms with Gasteiger partial charge in [-0.25, -0.2) is 0 Å². The van der Waals surface area contributed by atoms with Crippen LogP contribution in [0.1, 0.15) is 59.2 Å². The van der Waals surface area contributed by atoms with E-state index in [-0.39, 0.29) is 17.9 Å². The zero-order valence-corrected chi connectivity index (χ0v) is 19.3. The van der Waals surface area contributed by atoms with Gasteiger partial charge in [0.05, 0.1) is 17.1 Å². The van der Waals surface area contributed by atoms with Crippen LogP contribution in [-0.2, 0) is 17.8 Å². The third-order valence-corrected chi connectivity index (χ3v) is 7.32. The molecule has 0 radical (unpaired) electrons. The number of hydrogen-bond donors (Lipinski definition) is 1. The number of likely N-dealkylation sites (tertiary alicyclic amines) is 1. The summed E-state index contributed by atoms with van der Waals surface area (Å²) in [4.78, 5) is 30.4. The summed E-state index contributed by atoms with van der Waals surface area (Å²) in [7, 11) is 1.83. The quantitative estimate of drug-likeness (QED) is 0.636. The molecule has 0 unspecified atom stereocenters. The van der Waals surface area contributed by atoms with Crippen LogP contribution in [0.5, 0.6) is 0 Å². The van der Waals surface area contributed by atoms with E-state index >= 15 is 0 Å². The summed E-state index contributed by atoms with van der Waals surface area (Å²) in [6.45, 7) is 4.88. The second-order valence-corrected chi connectivity index (χ2v) is 9.58. The zero-order chi connectivity index (χ0) is 22.0. The van der Waals surface area contributed by atoms with Crippen molar-refractivity contribution in [3.05, 3.63) is 52.2 Å². The summed E-state index contributed by atoms with van der Waals surface area (Å²) in [5, 5.41) is 8.34. The van der Waals surface area contributed by atoms with Crippen LogP contribution in [0.3, 0.4) is 0 Å². The highest BCUT2D eigenvalue weighted by Crippen LogP contribution is 2.35. The minimum Gasteiger partial charge on any atom is -0.340 e. The number of carbonyl (C=O) groups is 2. The van der Waals surface area contributed by atoms with Crippen molar-refractivity contribution in [1.29, 1.82) is 0 Å². The first-order valence-electron chi connectivity index (χ1n) is 11.0. The van der Waals surface area contributed by atoms with Crippen LogP contribution in [0.15, 0.2) is 30.3 Å². The van der Waals surface area contributed by atoms with Gasteiger partial charge in [0.2, 0.25) is 5.91 Å². The van der Waals surface area contributed by atoms with Gasteiger partial charge in [-0.05, 0) is 49.3 Å². The highest BCUT2D eigenvalue weighted by atomic mass is 32.1. The van der Waals surface area contributed by atoms with Gasteiger partial charge < -0.3 is 9.80 Å². The van der Waals surface area contributed by atoms with Gasteiger partial charge in [-0.2, -0.15) is 5.10 Å². The number of benzene rings is 1. The van der Waals surface area contributed by atoms with Crippen molar-refractivity contribution in [2.45, 2.75) is 58.5 Å². The van der Waals surface area contributed by atoms with Gasteiger partial charge in [0, 0.05) is 37.0 Å². The summed E-state index contributed by atoms with van der Waals surface area (Å²) >= 11 is 1.56. The lowest BCUT2D eigenvalue weighted by molar-refractivity contribution is -0.131. The van der Waals surface area contributed by atoms with Gasteiger partial charge in [0.15, 0.2) is 0 Å². The molecule has 4 rings (SSSR count). The van der Waals surface area contributed by atoms with E-state index < -0.39 is 0 Å². The first-order chi connectivity index (χ1) is 14.9. The van der Waals surface area contributed by atoms with Gasteiger partial charge in [-0.3, -0.25) is 14.7 Å². The van der Waals surface area contributed by atoms with Gasteiger partial charge in [0.1, 0.15) is 0 Å². The Hall–Kier alpha value is -2.67. The minimum absolute atomic E-state index is 0.0138. The van der Waals surface area contributed by atoms with Crippen LogP contribution < -0.4 is 0 Å². The lowest BCUT2D eigenvalue weighted by Crippen LogP contribution is -2.40. The van der Waals surface area contributed by atoms with Crippen LogP contribution in [0, 0.1) is 6.92 Å². The molecular formula is C24H30N4O2S. The van der Waals surface area contributed by atoms with Gasteiger partial charge in [-0.1, -0.05) is 31.0 Å². The molecule has 0 spiro atoms. The summed E-state index contributed by atoms with van der Waals surface area (Å²) in [6, 6.07) is 10.3. The molecule has 1 aliphatic rings. The van der Waals surface area contributed by atoms with E-state index in [1.54, 1.807) is 23.2 Å². The van der Waals surface area contributed by atoms with E-state index in [1.807, 2.05) is 37.1 Å². The van der Waals surface area contributed by atoms with E-state index in [0.717, 1.165) is 70.6 Å². The number of aromatic nitrogens is 2. The molecule has 0 aliphatic carbocycles. The van der Waals surface area contributed by atoms with Crippen molar-refractivity contribution in [3.63, 3.8) is 0 Å². The van der Waals surface area contributed by atoms with Gasteiger partial charge >= 0.3 is 0 Å². The molecule has 1 saturated heterocycles. The predicted molar refractivity (Wildman–Crippen MR) is 124 cm³/mol. The Kier molecular flexibility index (Phi) is 6.41. The number of nitrogens with zero attached hydrogens (tertiary/aromatic N) is 3. The number of fused-ring (bicyclic) bond motifs is 1. The van der Waals surface area contributed by atoms with Gasteiger partial charge in [-0.15, -0.1) is 11.3 Å². The monoisotopic (exact) mass is 438 g/mol. The summed E-state index contributed by atoms with van der Waals surface area (Å²) in [5.74, 6) is 0.144. The molecule has 1 fully saturated rings. The van der Waals surface area contributed by atoms with E-state index in [2.05, 4.69) is 22.3 Å². The second-order valence-electron chi connectivity index (χ2n) is 8.53. The molecule has 0 saturated carbocycles. The standard InChI is InChI=1S/C24H30N4O2S/c1-16-13-18(26-25-16)15-27(3)24(30)23-21(20-10-6-7-11-22(20)31-23)14-19-9-5-4-8-12-28(19)17(2)29/h6-7,10-11,13,19H,4-5,8-9,12,14-15H2,1-3H3,(H,25,26)/t19-/m1/s1. The largest absolute Gasteiger partial charge is 0.340 e. The molecule has 1 atom stereocenters. The van der Waals surface area contributed by atoms with E-state index in [1.165, 1.54) is 0 Å². The first kappa shape index (κ1) is 21.6. The highest BCUT2D eigenvalue weighted by molar-refractivity contribution is 7.21. The van der Waals surface area contributed by atoms with Crippen molar-refractivity contribution in [2.75, 3.05) is 13.6 Å². The third kappa shape index (κ3) is 4.66. The maximum absolute atomic E-state index is 13.5. The summed E-state index contributed by atoms with van der Waals surface area (Å²) in [5.41, 5.74) is 2.91. The van der Waals surface area contributed by atoms with Gasteiger partial charge in [0.25, 0.3) is 5.91 Å². The zero-order valence-electron chi connectivity index (χ0n) is 18.5. The molecule has 6 nitrogen and oxygen atoms in total. The molecule has 2 amide bonds. The fourth-order valence-corrected chi connectivity index (χ4v) is 5.78. The molecule has 2 aromatic heterocycles. The molecule has 0 bridgehead atoms. The first-order valence-corrected chi connectivity index (χ1v) is 11.8. The van der Waals surface area contributed by atoms with Crippen LogP contribution in [0.2, 0.25) is 0 Å². The summed E-state index contributed by atoms with van der Waals surface area (Å²) in [6.07, 6.45) is 5.04. The van der Waals surface area contributed by atoms with E-state index in [4.69, 9.17) is 0 Å². The molecular weight excluding hydrogens is 408 g/mol. The Bertz CT molecular complexity index is 1090. The Morgan fingerprint density at radius 3 is 2.81 bits per heavy atom. The summed E-state index contributed by atoms with van der Waals surface area (Å²) < 4.78 is 1.12. The topological polar surface area (TPSA) is 69.3 Å². The molecule has 1 N–H and O–H groups in total. The number of hydrogen-bond acceptors (Lipinski definition) is 4. The average Bonchev–Trinajstić information content (AvgIpc) is 3.22. The minimum atomic E-state index is 0.0138. The van der Waals surface area contributed by atoms with Crippen LogP contribution >= 0.6 is 11.3 Å². The van der Waals surface area contributed by atoms with E-state index in [9.17, 15) is 9.59 Å². The number of aryl methyl sites for hydroxylation is 1. The van der Waals surface area contributed by atoms with Crippen molar-refractivity contribution < 1.29 is 9.59 Å². The average molecular weight is 439 g/mol. The number of nitrogens with one attached hydrogen (secondary N) is 1. The van der Waals surface area contributed by atoms with Crippen molar-refractivity contribution in [2.24, 2.45) is 0 Å². The molecule has 31 heavy (non-hydrogen) atoms. The van der Waals surface area contributed by atoms with Crippen LogP contribution in [0.4, 0.5) is 0 Å². The van der Waals surface area contributed by atoms with Crippen LogP contribution in [0.25, 0.3) is 10.1 Å². The number of rotatable bonds is 5. The molecule has 3 aromatic rings. The lowest BCUT2D eigenvalue weighted by Gasteiger charge is -2.29. The maximum atomic E-state index is 13.5. The molecule has 7 heteroatoms. The number of thiophene rings is 1. The van der Waals surface area contributed by atoms with Crippen molar-refractivity contribution >= 4 is 33.2 Å². The normalized spacial score (nSPS) is 17.0. The fraction of sp³-hybridized carbons (Fsp3) is 0.458. The SMILES string of the molecule is CC(=O)N1CCCCC[C@@H]1Cc1c(C(=O)N(C)Cc2cc(C)[nH]n2)sc2ccccc12. The molecule has 164 valence electrons. The highest BCUT2D eigenvalue weighted by Gasteiger charge is 2.28. The number of carbonyl (C=O) groups excluding carboxylic acids is 2. The molecule has 3 heterocycles. The number of H-pyrrole nitrogens is 1. The molecule has 1 aliphatic heterocycles. The number of amides is 2.